The van der Waals surface area contributed by atoms with Crippen LogP contribution in [0.2, 0.25) is 0 Å². The van der Waals surface area contributed by atoms with E-state index in [1.807, 2.05) is 13.0 Å². The predicted molar refractivity (Wildman–Crippen MR) is 144 cm³/mol. The lowest BCUT2D eigenvalue weighted by molar-refractivity contribution is 0.0321. The third kappa shape index (κ3) is 5.37. The quantitative estimate of drug-likeness (QED) is 0.462. The molecule has 4 heterocycles. The smallest absolute Gasteiger partial charge is 0.239 e. The fourth-order valence-corrected chi connectivity index (χ4v) is 5.49. The number of nitrogens with one attached hydrogen (secondary N) is 1. The number of alkyl halides is 1. The molecule has 8 nitrogen and oxygen atoms in total. The number of pyridine rings is 1. The van der Waals surface area contributed by atoms with Gasteiger partial charge in [-0.25, -0.2) is 18.7 Å². The van der Waals surface area contributed by atoms with Crippen LogP contribution in [-0.4, -0.2) is 72.4 Å². The first-order valence-electron chi connectivity index (χ1n) is 13.3. The molecule has 1 aromatic carbocycles. The van der Waals surface area contributed by atoms with Crippen LogP contribution < -0.4 is 15.0 Å². The van der Waals surface area contributed by atoms with Gasteiger partial charge in [-0.2, -0.15) is 4.98 Å². The highest BCUT2D eigenvalue weighted by molar-refractivity contribution is 5.90. The molecule has 0 spiro atoms. The van der Waals surface area contributed by atoms with Crippen LogP contribution in [0.3, 0.4) is 0 Å². The summed E-state index contributed by atoms with van der Waals surface area (Å²) in [6, 6.07) is 6.95. The van der Waals surface area contributed by atoms with Crippen LogP contribution in [0, 0.1) is 12.7 Å². The minimum Gasteiger partial charge on any atom is -0.479 e. The molecule has 2 atom stereocenters. The van der Waals surface area contributed by atoms with E-state index >= 15 is 4.39 Å². The van der Waals surface area contributed by atoms with Gasteiger partial charge in [0.05, 0.1) is 18.5 Å². The summed E-state index contributed by atoms with van der Waals surface area (Å²) in [5, 5.41) is 4.06. The molecule has 2 aromatic heterocycles. The predicted octanol–water partition coefficient (Wildman–Crippen LogP) is 4.99. The van der Waals surface area contributed by atoms with Crippen molar-refractivity contribution in [3.8, 4) is 5.88 Å². The molecule has 2 aliphatic heterocycles. The van der Waals surface area contributed by atoms with E-state index in [1.54, 1.807) is 26.2 Å². The molecule has 2 saturated heterocycles. The maximum atomic E-state index is 15.1. The highest BCUT2D eigenvalue weighted by atomic mass is 19.1. The molecule has 38 heavy (non-hydrogen) atoms. The molecular formula is C28H36F2N6O2. The Morgan fingerprint density at radius 1 is 1.05 bits per heavy atom. The van der Waals surface area contributed by atoms with Crippen LogP contribution in [0.5, 0.6) is 5.88 Å². The average Bonchev–Trinajstić information content (AvgIpc) is 2.92. The van der Waals surface area contributed by atoms with Gasteiger partial charge in [-0.3, -0.25) is 4.90 Å². The van der Waals surface area contributed by atoms with Crippen molar-refractivity contribution in [3.05, 3.63) is 47.0 Å². The van der Waals surface area contributed by atoms with Crippen molar-refractivity contribution >= 4 is 22.5 Å². The molecule has 5 rings (SSSR count). The average molecular weight is 527 g/mol. The molecule has 2 fully saturated rings. The SMILES string of the molecule is COc1nc2nc(C)nc(N[C@H](C)c3cccc(C(C)F)c3F)c2cc1N1CCN(C2CCOCC2)CC1. The number of aryl methyl sites for hydroxylation is 1. The Labute approximate surface area is 222 Å². The summed E-state index contributed by atoms with van der Waals surface area (Å²) >= 11 is 0. The van der Waals surface area contributed by atoms with Gasteiger partial charge >= 0.3 is 0 Å². The minimum absolute atomic E-state index is 0.0495. The number of benzene rings is 1. The van der Waals surface area contributed by atoms with Crippen molar-refractivity contribution in [2.75, 3.05) is 56.7 Å². The van der Waals surface area contributed by atoms with E-state index in [9.17, 15) is 4.39 Å². The van der Waals surface area contributed by atoms with Crippen molar-refractivity contribution in [2.24, 2.45) is 0 Å². The van der Waals surface area contributed by atoms with E-state index in [4.69, 9.17) is 14.5 Å². The van der Waals surface area contributed by atoms with Gasteiger partial charge in [-0.1, -0.05) is 18.2 Å². The molecular weight excluding hydrogens is 490 g/mol. The van der Waals surface area contributed by atoms with Crippen molar-refractivity contribution in [1.29, 1.82) is 0 Å². The molecule has 204 valence electrons. The largest absolute Gasteiger partial charge is 0.479 e. The summed E-state index contributed by atoms with van der Waals surface area (Å²) in [4.78, 5) is 18.7. The van der Waals surface area contributed by atoms with Gasteiger partial charge in [-0.15, -0.1) is 0 Å². The van der Waals surface area contributed by atoms with E-state index in [1.165, 1.54) is 13.0 Å². The Morgan fingerprint density at radius 2 is 1.76 bits per heavy atom. The topological polar surface area (TPSA) is 75.6 Å². The molecule has 0 radical (unpaired) electrons. The zero-order chi connectivity index (χ0) is 26.8. The van der Waals surface area contributed by atoms with E-state index in [0.717, 1.165) is 63.3 Å². The van der Waals surface area contributed by atoms with Crippen LogP contribution in [-0.2, 0) is 4.74 Å². The summed E-state index contributed by atoms with van der Waals surface area (Å²) < 4.78 is 40.2. The monoisotopic (exact) mass is 526 g/mol. The zero-order valence-corrected chi connectivity index (χ0v) is 22.5. The van der Waals surface area contributed by atoms with E-state index in [-0.39, 0.29) is 5.56 Å². The number of halogens is 2. The fraction of sp³-hybridized carbons (Fsp3) is 0.536. The normalized spacial score (nSPS) is 18.9. The van der Waals surface area contributed by atoms with Crippen molar-refractivity contribution in [2.45, 2.75) is 51.9 Å². The molecule has 0 aliphatic carbocycles. The number of hydrogen-bond acceptors (Lipinski definition) is 8. The number of fused-ring (bicyclic) bond motifs is 1. The first-order chi connectivity index (χ1) is 18.4. The van der Waals surface area contributed by atoms with Gasteiger partial charge in [0.25, 0.3) is 0 Å². The molecule has 0 amide bonds. The summed E-state index contributed by atoms with van der Waals surface area (Å²) in [6.07, 6.45) is 0.771. The Bertz CT molecular complexity index is 1280. The first kappa shape index (κ1) is 26.5. The minimum atomic E-state index is -1.39. The van der Waals surface area contributed by atoms with E-state index in [2.05, 4.69) is 25.1 Å². The van der Waals surface area contributed by atoms with Gasteiger partial charge in [0.1, 0.15) is 29.3 Å². The number of methoxy groups -OCH3 is 1. The van der Waals surface area contributed by atoms with Gasteiger partial charge in [0.15, 0.2) is 5.65 Å². The van der Waals surface area contributed by atoms with Crippen molar-refractivity contribution < 1.29 is 18.3 Å². The number of anilines is 2. The Morgan fingerprint density at radius 3 is 2.45 bits per heavy atom. The summed E-state index contributed by atoms with van der Waals surface area (Å²) in [5.74, 6) is 1.06. The maximum Gasteiger partial charge on any atom is 0.239 e. The van der Waals surface area contributed by atoms with Gasteiger partial charge in [0, 0.05) is 56.6 Å². The van der Waals surface area contributed by atoms with Crippen LogP contribution in [0.1, 0.15) is 55.9 Å². The first-order valence-corrected chi connectivity index (χ1v) is 13.3. The number of hydrogen-bond donors (Lipinski definition) is 1. The summed E-state index contributed by atoms with van der Waals surface area (Å²) in [7, 11) is 1.62. The highest BCUT2D eigenvalue weighted by Gasteiger charge is 2.28. The number of nitrogens with zero attached hydrogens (tertiary/aromatic N) is 5. The standard InChI is InChI=1S/C28H36F2N6O2/c1-17(29)21-6-5-7-22(25(21)30)18(2)31-26-23-16-24(28(37-4)34-27(23)33-19(3)32-26)36-12-10-35(11-13-36)20-8-14-38-15-9-20/h5-7,16-18,20H,8-15H2,1-4H3,(H,31,32,33,34)/t17?,18-/m1/s1. The number of piperazine rings is 1. The van der Waals surface area contributed by atoms with Gasteiger partial charge < -0.3 is 19.7 Å². The third-order valence-corrected chi connectivity index (χ3v) is 7.61. The lowest BCUT2D eigenvalue weighted by Gasteiger charge is -2.41. The second kappa shape index (κ2) is 11.3. The molecule has 0 saturated carbocycles. The van der Waals surface area contributed by atoms with Crippen molar-refractivity contribution in [1.82, 2.24) is 19.9 Å². The number of aromatic nitrogens is 3. The van der Waals surface area contributed by atoms with Gasteiger partial charge in [-0.05, 0) is 39.7 Å². The van der Waals surface area contributed by atoms with Crippen LogP contribution in [0.15, 0.2) is 24.3 Å². The van der Waals surface area contributed by atoms with Gasteiger partial charge in [0.2, 0.25) is 5.88 Å². The Hall–Kier alpha value is -3.11. The zero-order valence-electron chi connectivity index (χ0n) is 22.5. The molecule has 3 aromatic rings. The molecule has 1 N–H and O–H groups in total. The molecule has 10 heteroatoms. The third-order valence-electron chi connectivity index (χ3n) is 7.61. The highest BCUT2D eigenvalue weighted by Crippen LogP contribution is 2.35. The summed E-state index contributed by atoms with van der Waals surface area (Å²) in [5.41, 5.74) is 1.81. The lowest BCUT2D eigenvalue weighted by atomic mass is 10.0. The number of ether oxygens (including phenoxy) is 2. The maximum absolute atomic E-state index is 15.1. The van der Waals surface area contributed by atoms with E-state index < -0.39 is 18.0 Å². The molecule has 2 aliphatic rings. The van der Waals surface area contributed by atoms with Crippen LogP contribution in [0.25, 0.3) is 11.0 Å². The second-order valence-corrected chi connectivity index (χ2v) is 10.1. The second-order valence-electron chi connectivity index (χ2n) is 10.1. The van der Waals surface area contributed by atoms with Crippen LogP contribution >= 0.6 is 0 Å². The van der Waals surface area contributed by atoms with Crippen molar-refractivity contribution in [3.63, 3.8) is 0 Å². The Balaban J connectivity index is 1.43. The summed E-state index contributed by atoms with van der Waals surface area (Å²) in [6.45, 7) is 10.3. The number of rotatable bonds is 7. The van der Waals surface area contributed by atoms with E-state index in [0.29, 0.717) is 34.8 Å². The molecule has 1 unspecified atom stereocenters. The lowest BCUT2D eigenvalue weighted by Crippen LogP contribution is -2.51. The fourth-order valence-electron chi connectivity index (χ4n) is 5.49. The molecule has 0 bridgehead atoms. The van der Waals surface area contributed by atoms with Crippen LogP contribution in [0.4, 0.5) is 20.3 Å². The Kier molecular flexibility index (Phi) is 7.90.